The summed E-state index contributed by atoms with van der Waals surface area (Å²) in [6, 6.07) is 1.32. The Morgan fingerprint density at radius 2 is 1.02 bits per heavy atom. The van der Waals surface area contributed by atoms with E-state index in [1.54, 1.807) is 0 Å². The van der Waals surface area contributed by atoms with Crippen LogP contribution in [-0.2, 0) is 14.2 Å². The standard InChI is InChI=1S/C40H72N2O6/c1-3-5-7-9-11-13-15-17-19-21-23-25-27-30-40(31-28-26-24-22-20-18-16-14-12-10-8-6-4-2)47-36-34(33-43)46-38(37(36)48-40)42-32-29-35(44)41-39(42)45/h29,32,34,36-38,43H,3-28,30-31,33H2,1-2H3,(H,41,44,45). The van der Waals surface area contributed by atoms with Crippen LogP contribution in [0.1, 0.15) is 200 Å². The number of unbranched alkanes of at least 4 members (excludes halogenated alkanes) is 24. The van der Waals surface area contributed by atoms with Gasteiger partial charge in [-0.2, -0.15) is 0 Å². The Hall–Kier alpha value is -1.48. The van der Waals surface area contributed by atoms with Crippen molar-refractivity contribution in [2.45, 2.75) is 224 Å². The maximum absolute atomic E-state index is 12.7. The minimum atomic E-state index is -0.753. The lowest BCUT2D eigenvalue weighted by Gasteiger charge is -2.31. The fourth-order valence-corrected chi connectivity index (χ4v) is 7.68. The van der Waals surface area contributed by atoms with Crippen LogP contribution in [0.2, 0.25) is 0 Å². The molecule has 3 rings (SSSR count). The average Bonchev–Trinajstić information content (AvgIpc) is 3.61. The van der Waals surface area contributed by atoms with Gasteiger partial charge in [0.15, 0.2) is 12.0 Å². The number of fused-ring (bicyclic) bond motifs is 1. The number of ether oxygens (including phenoxy) is 3. The number of nitrogens with zero attached hydrogens (tertiary/aromatic N) is 1. The summed E-state index contributed by atoms with van der Waals surface area (Å²) >= 11 is 0. The smallest absolute Gasteiger partial charge is 0.330 e. The summed E-state index contributed by atoms with van der Waals surface area (Å²) in [5.41, 5.74) is -0.994. The molecule has 2 N–H and O–H groups in total. The van der Waals surface area contributed by atoms with E-state index in [0.29, 0.717) is 0 Å². The molecular formula is C40H72N2O6. The first-order chi connectivity index (χ1) is 23.5. The van der Waals surface area contributed by atoms with Gasteiger partial charge in [0.1, 0.15) is 18.3 Å². The number of nitrogens with one attached hydrogen (secondary N) is 1. The van der Waals surface area contributed by atoms with Crippen LogP contribution in [0.3, 0.4) is 0 Å². The van der Waals surface area contributed by atoms with E-state index in [0.717, 1.165) is 38.5 Å². The Labute approximate surface area is 292 Å². The van der Waals surface area contributed by atoms with Crippen molar-refractivity contribution < 1.29 is 19.3 Å². The van der Waals surface area contributed by atoms with Crippen LogP contribution >= 0.6 is 0 Å². The molecule has 2 aliphatic rings. The molecule has 0 aliphatic carbocycles. The number of H-pyrrole nitrogens is 1. The highest BCUT2D eigenvalue weighted by Crippen LogP contribution is 2.46. The van der Waals surface area contributed by atoms with Crippen LogP contribution in [-0.4, -0.2) is 45.4 Å². The molecule has 2 aliphatic heterocycles. The van der Waals surface area contributed by atoms with E-state index in [1.165, 1.54) is 158 Å². The molecule has 0 aromatic carbocycles. The number of aromatic nitrogens is 2. The van der Waals surface area contributed by atoms with Crippen LogP contribution in [0.15, 0.2) is 21.9 Å². The second kappa shape index (κ2) is 24.6. The molecule has 8 nitrogen and oxygen atoms in total. The average molecular weight is 677 g/mol. The molecule has 0 saturated carbocycles. The fourth-order valence-electron chi connectivity index (χ4n) is 7.68. The van der Waals surface area contributed by atoms with Crippen molar-refractivity contribution in [1.82, 2.24) is 9.55 Å². The zero-order valence-corrected chi connectivity index (χ0v) is 30.9. The molecule has 4 unspecified atom stereocenters. The monoisotopic (exact) mass is 677 g/mol. The predicted octanol–water partition coefficient (Wildman–Crippen LogP) is 9.87. The Balaban J connectivity index is 1.43. The third-order valence-corrected chi connectivity index (χ3v) is 10.6. The van der Waals surface area contributed by atoms with Gasteiger partial charge in [-0.05, 0) is 12.8 Å². The minimum absolute atomic E-state index is 0.216. The molecule has 8 heteroatoms. The van der Waals surface area contributed by atoms with Gasteiger partial charge in [-0.1, -0.05) is 168 Å². The van der Waals surface area contributed by atoms with Gasteiger partial charge in [-0.15, -0.1) is 0 Å². The van der Waals surface area contributed by atoms with Gasteiger partial charge in [0.25, 0.3) is 5.56 Å². The first kappa shape index (κ1) is 40.9. The van der Waals surface area contributed by atoms with Gasteiger partial charge in [0, 0.05) is 25.1 Å². The maximum Gasteiger partial charge on any atom is 0.330 e. The van der Waals surface area contributed by atoms with Crippen molar-refractivity contribution in [2.75, 3.05) is 6.61 Å². The molecule has 0 radical (unpaired) electrons. The van der Waals surface area contributed by atoms with Crippen molar-refractivity contribution >= 4 is 0 Å². The largest absolute Gasteiger partial charge is 0.394 e. The highest BCUT2D eigenvalue weighted by Gasteiger charge is 2.58. The Morgan fingerprint density at radius 1 is 0.625 bits per heavy atom. The number of aliphatic hydroxyl groups is 1. The summed E-state index contributed by atoms with van der Waals surface area (Å²) in [7, 11) is 0. The van der Waals surface area contributed by atoms with Crippen molar-refractivity contribution in [2.24, 2.45) is 0 Å². The van der Waals surface area contributed by atoms with Crippen LogP contribution in [0, 0.1) is 0 Å². The quantitative estimate of drug-likeness (QED) is 0.0787. The van der Waals surface area contributed by atoms with E-state index in [-0.39, 0.29) is 6.61 Å². The maximum atomic E-state index is 12.7. The van der Waals surface area contributed by atoms with Crippen molar-refractivity contribution in [3.63, 3.8) is 0 Å². The molecule has 4 atom stereocenters. The van der Waals surface area contributed by atoms with Gasteiger partial charge in [0.2, 0.25) is 0 Å². The lowest BCUT2D eigenvalue weighted by Crippen LogP contribution is -2.38. The van der Waals surface area contributed by atoms with Crippen LogP contribution in [0.25, 0.3) is 0 Å². The van der Waals surface area contributed by atoms with Crippen molar-refractivity contribution in [3.8, 4) is 0 Å². The Kier molecular flexibility index (Phi) is 21.0. The Morgan fingerprint density at radius 3 is 1.42 bits per heavy atom. The summed E-state index contributed by atoms with van der Waals surface area (Å²) in [6.07, 6.45) is 34.7. The van der Waals surface area contributed by atoms with E-state index in [9.17, 15) is 14.7 Å². The number of aliphatic hydroxyl groups excluding tert-OH is 1. The van der Waals surface area contributed by atoms with Gasteiger partial charge >= 0.3 is 5.69 Å². The summed E-state index contributed by atoms with van der Waals surface area (Å²) < 4.78 is 20.9. The van der Waals surface area contributed by atoms with Gasteiger partial charge < -0.3 is 19.3 Å². The number of rotatable bonds is 30. The highest BCUT2D eigenvalue weighted by atomic mass is 16.8. The number of aromatic amines is 1. The summed E-state index contributed by atoms with van der Waals surface area (Å²) in [6.45, 7) is 4.33. The topological polar surface area (TPSA) is 103 Å². The predicted molar refractivity (Wildman–Crippen MR) is 195 cm³/mol. The summed E-state index contributed by atoms with van der Waals surface area (Å²) in [5.74, 6) is -0.730. The van der Waals surface area contributed by atoms with Gasteiger partial charge in [-0.25, -0.2) is 4.79 Å². The van der Waals surface area contributed by atoms with Crippen molar-refractivity contribution in [3.05, 3.63) is 33.1 Å². The second-order valence-electron chi connectivity index (χ2n) is 14.8. The van der Waals surface area contributed by atoms with Crippen LogP contribution in [0.5, 0.6) is 0 Å². The van der Waals surface area contributed by atoms with E-state index in [4.69, 9.17) is 14.2 Å². The molecule has 2 fully saturated rings. The minimum Gasteiger partial charge on any atom is -0.394 e. The third kappa shape index (κ3) is 14.8. The molecule has 1 aromatic heterocycles. The highest BCUT2D eigenvalue weighted by molar-refractivity contribution is 5.00. The molecule has 2 saturated heterocycles. The van der Waals surface area contributed by atoms with E-state index >= 15 is 0 Å². The zero-order valence-electron chi connectivity index (χ0n) is 30.9. The molecule has 1 aromatic rings. The normalized spacial score (nSPS) is 21.6. The third-order valence-electron chi connectivity index (χ3n) is 10.6. The zero-order chi connectivity index (χ0) is 34.3. The SMILES string of the molecule is CCCCCCCCCCCCCCCC1(CCCCCCCCCCCCCCC)OC2C(CO)OC(n3ccc(=O)[nH]c3=O)C2O1. The van der Waals surface area contributed by atoms with Crippen LogP contribution < -0.4 is 11.2 Å². The molecule has 0 bridgehead atoms. The number of hydrogen-bond acceptors (Lipinski definition) is 6. The first-order valence-electron chi connectivity index (χ1n) is 20.5. The first-order valence-corrected chi connectivity index (χ1v) is 20.5. The molecule has 0 spiro atoms. The molecule has 0 amide bonds. The van der Waals surface area contributed by atoms with E-state index < -0.39 is 41.6 Å². The number of hydrogen-bond donors (Lipinski definition) is 2. The molecule has 278 valence electrons. The summed E-state index contributed by atoms with van der Waals surface area (Å²) in [5, 5.41) is 10.2. The molecule has 48 heavy (non-hydrogen) atoms. The van der Waals surface area contributed by atoms with Gasteiger partial charge in [0.05, 0.1) is 6.61 Å². The molecular weight excluding hydrogens is 604 g/mol. The lowest BCUT2D eigenvalue weighted by atomic mass is 9.98. The van der Waals surface area contributed by atoms with Crippen LogP contribution in [0.4, 0.5) is 0 Å². The summed E-state index contributed by atoms with van der Waals surface area (Å²) in [4.78, 5) is 26.7. The van der Waals surface area contributed by atoms with E-state index in [1.807, 2.05) is 0 Å². The second-order valence-corrected chi connectivity index (χ2v) is 14.8. The molecule has 3 heterocycles. The lowest BCUT2D eigenvalue weighted by molar-refractivity contribution is -0.228. The van der Waals surface area contributed by atoms with Crippen molar-refractivity contribution in [1.29, 1.82) is 0 Å². The van der Waals surface area contributed by atoms with E-state index in [2.05, 4.69) is 18.8 Å². The van der Waals surface area contributed by atoms with Gasteiger partial charge in [-0.3, -0.25) is 14.3 Å². The fraction of sp³-hybridized carbons (Fsp3) is 0.900. The Bertz CT molecular complexity index is 1030.